The molecule has 0 bridgehead atoms. The van der Waals surface area contributed by atoms with Gasteiger partial charge in [0.15, 0.2) is 5.96 Å². The van der Waals surface area contributed by atoms with Crippen molar-refractivity contribution in [2.75, 3.05) is 12.4 Å². The van der Waals surface area contributed by atoms with Crippen LogP contribution in [0.25, 0.3) is 0 Å². The van der Waals surface area contributed by atoms with Crippen LogP contribution in [-0.4, -0.2) is 18.9 Å². The van der Waals surface area contributed by atoms with E-state index in [1.807, 2.05) is 31.2 Å². The number of amides is 1. The highest BCUT2D eigenvalue weighted by Gasteiger charge is 2.03. The third-order valence-electron chi connectivity index (χ3n) is 3.91. The van der Waals surface area contributed by atoms with E-state index in [1.165, 1.54) is 11.1 Å². The van der Waals surface area contributed by atoms with Crippen LogP contribution in [0.15, 0.2) is 53.5 Å². The topological polar surface area (TPSA) is 65.5 Å². The number of aryl methyl sites for hydroxylation is 1. The van der Waals surface area contributed by atoms with E-state index in [-0.39, 0.29) is 29.9 Å². The Morgan fingerprint density at radius 3 is 2.22 bits per heavy atom. The van der Waals surface area contributed by atoms with Crippen LogP contribution in [0.4, 0.5) is 5.69 Å². The molecule has 0 atom stereocenters. The Hall–Kier alpha value is -2.09. The van der Waals surface area contributed by atoms with Gasteiger partial charge in [0.2, 0.25) is 5.91 Å². The monoisotopic (exact) mass is 480 g/mol. The van der Waals surface area contributed by atoms with E-state index in [1.54, 1.807) is 7.05 Å². The number of hydrogen-bond acceptors (Lipinski definition) is 2. The third kappa shape index (κ3) is 8.43. The molecule has 0 saturated carbocycles. The normalized spacial score (nSPS) is 10.7. The second kappa shape index (κ2) is 12.3. The van der Waals surface area contributed by atoms with Gasteiger partial charge in [-0.25, -0.2) is 0 Å². The first-order chi connectivity index (χ1) is 12.6. The van der Waals surface area contributed by atoms with Crippen LogP contribution < -0.4 is 16.0 Å². The number of nitrogens with one attached hydrogen (secondary N) is 3. The van der Waals surface area contributed by atoms with Gasteiger partial charge in [-0.2, -0.15) is 0 Å². The molecule has 1 amide bonds. The summed E-state index contributed by atoms with van der Waals surface area (Å²) in [6.07, 6.45) is 1.38. The Bertz CT molecular complexity index is 761. The largest absolute Gasteiger partial charge is 0.352 e. The molecule has 5 nitrogen and oxygen atoms in total. The molecular weight excluding hydrogens is 451 g/mol. The number of carbonyl (C=O) groups excluding carboxylic acids is 1. The van der Waals surface area contributed by atoms with Crippen molar-refractivity contribution in [2.45, 2.75) is 39.8 Å². The van der Waals surface area contributed by atoms with Crippen LogP contribution in [0.2, 0.25) is 0 Å². The average Bonchev–Trinajstić information content (AvgIpc) is 2.62. The number of carbonyl (C=O) groups is 1. The van der Waals surface area contributed by atoms with Crippen LogP contribution in [0, 0.1) is 6.92 Å². The highest BCUT2D eigenvalue weighted by molar-refractivity contribution is 14.0. The van der Waals surface area contributed by atoms with E-state index < -0.39 is 0 Å². The Labute approximate surface area is 179 Å². The van der Waals surface area contributed by atoms with Crippen LogP contribution in [0.1, 0.15) is 36.5 Å². The number of guanidine groups is 1. The quantitative estimate of drug-likeness (QED) is 0.316. The molecule has 0 aromatic heterocycles. The molecule has 0 aliphatic carbocycles. The van der Waals surface area contributed by atoms with Crippen molar-refractivity contribution < 1.29 is 4.79 Å². The third-order valence-corrected chi connectivity index (χ3v) is 3.91. The lowest BCUT2D eigenvalue weighted by molar-refractivity contribution is -0.116. The van der Waals surface area contributed by atoms with Gasteiger partial charge in [0, 0.05) is 32.2 Å². The summed E-state index contributed by atoms with van der Waals surface area (Å²) >= 11 is 0. The second-order valence-corrected chi connectivity index (χ2v) is 6.27. The zero-order chi connectivity index (χ0) is 18.8. The van der Waals surface area contributed by atoms with E-state index in [0.29, 0.717) is 19.5 Å². The van der Waals surface area contributed by atoms with Gasteiger partial charge in [-0.3, -0.25) is 9.79 Å². The predicted molar refractivity (Wildman–Crippen MR) is 124 cm³/mol. The minimum absolute atomic E-state index is 0. The fourth-order valence-corrected chi connectivity index (χ4v) is 2.62. The fraction of sp³-hybridized carbons (Fsp3) is 0.333. The Morgan fingerprint density at radius 2 is 1.63 bits per heavy atom. The number of benzene rings is 2. The first kappa shape index (κ1) is 23.0. The fourth-order valence-electron chi connectivity index (χ4n) is 2.62. The molecule has 0 fully saturated rings. The first-order valence-corrected chi connectivity index (χ1v) is 8.99. The van der Waals surface area contributed by atoms with E-state index in [2.05, 4.69) is 52.1 Å². The summed E-state index contributed by atoms with van der Waals surface area (Å²) in [7, 11) is 1.76. The summed E-state index contributed by atoms with van der Waals surface area (Å²) < 4.78 is 0. The Balaban J connectivity index is 0.00000364. The van der Waals surface area contributed by atoms with Gasteiger partial charge < -0.3 is 16.0 Å². The Morgan fingerprint density at radius 1 is 1.00 bits per heavy atom. The first-order valence-electron chi connectivity index (χ1n) is 8.99. The molecule has 2 aromatic carbocycles. The molecule has 0 radical (unpaired) electrons. The molecule has 3 N–H and O–H groups in total. The summed E-state index contributed by atoms with van der Waals surface area (Å²) in [6, 6.07) is 16.2. The summed E-state index contributed by atoms with van der Waals surface area (Å²) in [5.41, 5.74) is 4.37. The molecule has 6 heteroatoms. The molecular formula is C21H29IN4O. The van der Waals surface area contributed by atoms with Crippen molar-refractivity contribution in [3.8, 4) is 0 Å². The van der Waals surface area contributed by atoms with Crippen molar-refractivity contribution in [3.05, 3.63) is 65.2 Å². The molecule has 2 aromatic rings. The lowest BCUT2D eigenvalue weighted by atomic mass is 10.1. The number of rotatable bonds is 7. The number of aliphatic imine (C=N–C) groups is 1. The maximum absolute atomic E-state index is 11.7. The minimum atomic E-state index is 0. The standard InChI is InChI=1S/C21H28N4O.HI/c1-4-7-20(26)25-19-11-6-10-18(13-19)15-24-21(22-3)23-14-17-9-5-8-16(2)12-17;/h5-6,8-13H,4,7,14-15H2,1-3H3,(H,25,26)(H2,22,23,24);1H. The van der Waals surface area contributed by atoms with Crippen molar-refractivity contribution >= 4 is 41.5 Å². The highest BCUT2D eigenvalue weighted by Crippen LogP contribution is 2.11. The summed E-state index contributed by atoms with van der Waals surface area (Å²) in [5, 5.41) is 9.54. The van der Waals surface area contributed by atoms with Gasteiger partial charge in [-0.1, -0.05) is 48.9 Å². The number of halogens is 1. The molecule has 0 saturated heterocycles. The smallest absolute Gasteiger partial charge is 0.224 e. The van der Waals surface area contributed by atoms with Crippen molar-refractivity contribution in [2.24, 2.45) is 4.99 Å². The lowest BCUT2D eigenvalue weighted by Crippen LogP contribution is -2.36. The van der Waals surface area contributed by atoms with E-state index in [0.717, 1.165) is 23.6 Å². The van der Waals surface area contributed by atoms with E-state index in [4.69, 9.17) is 0 Å². The molecule has 0 aliphatic rings. The van der Waals surface area contributed by atoms with Gasteiger partial charge in [-0.05, 0) is 36.6 Å². The summed E-state index contributed by atoms with van der Waals surface area (Å²) in [5.74, 6) is 0.792. The van der Waals surface area contributed by atoms with Crippen LogP contribution in [0.5, 0.6) is 0 Å². The van der Waals surface area contributed by atoms with Crippen molar-refractivity contribution in [1.82, 2.24) is 10.6 Å². The number of nitrogens with zero attached hydrogens (tertiary/aromatic N) is 1. The van der Waals surface area contributed by atoms with Gasteiger partial charge in [-0.15, -0.1) is 24.0 Å². The molecule has 27 heavy (non-hydrogen) atoms. The second-order valence-electron chi connectivity index (χ2n) is 6.27. The van der Waals surface area contributed by atoms with Crippen molar-refractivity contribution in [3.63, 3.8) is 0 Å². The average molecular weight is 480 g/mol. The van der Waals surface area contributed by atoms with Gasteiger partial charge >= 0.3 is 0 Å². The van der Waals surface area contributed by atoms with Crippen LogP contribution >= 0.6 is 24.0 Å². The summed E-state index contributed by atoms with van der Waals surface area (Å²) in [6.45, 7) is 5.43. The van der Waals surface area contributed by atoms with Crippen molar-refractivity contribution in [1.29, 1.82) is 0 Å². The summed E-state index contributed by atoms with van der Waals surface area (Å²) in [4.78, 5) is 16.0. The van der Waals surface area contributed by atoms with Gasteiger partial charge in [0.1, 0.15) is 0 Å². The maximum atomic E-state index is 11.7. The SMILES string of the molecule is CCCC(=O)Nc1cccc(CNC(=NC)NCc2cccc(C)c2)c1.I. The molecule has 2 rings (SSSR count). The predicted octanol–water partition coefficient (Wildman–Crippen LogP) is 4.22. The number of hydrogen-bond donors (Lipinski definition) is 3. The maximum Gasteiger partial charge on any atom is 0.224 e. The van der Waals surface area contributed by atoms with E-state index in [9.17, 15) is 4.79 Å². The molecule has 146 valence electrons. The van der Waals surface area contributed by atoms with Gasteiger partial charge in [0.05, 0.1) is 0 Å². The zero-order valence-electron chi connectivity index (χ0n) is 16.2. The van der Waals surface area contributed by atoms with Crippen LogP contribution in [-0.2, 0) is 17.9 Å². The molecule has 0 heterocycles. The van der Waals surface area contributed by atoms with E-state index >= 15 is 0 Å². The van der Waals surface area contributed by atoms with Gasteiger partial charge in [0.25, 0.3) is 0 Å². The molecule has 0 unspecified atom stereocenters. The molecule has 0 aliphatic heterocycles. The van der Waals surface area contributed by atoms with Crippen LogP contribution in [0.3, 0.4) is 0 Å². The highest BCUT2D eigenvalue weighted by atomic mass is 127. The Kier molecular flexibility index (Phi) is 10.5. The number of anilines is 1. The lowest BCUT2D eigenvalue weighted by Gasteiger charge is -2.13. The molecule has 0 spiro atoms. The minimum Gasteiger partial charge on any atom is -0.352 e. The zero-order valence-corrected chi connectivity index (χ0v) is 18.5.